The molecule has 192 valence electrons. The summed E-state index contributed by atoms with van der Waals surface area (Å²) in [6, 6.07) is 12.1. The van der Waals surface area contributed by atoms with Crippen molar-refractivity contribution in [1.82, 2.24) is 14.9 Å². The van der Waals surface area contributed by atoms with Crippen molar-refractivity contribution in [2.24, 2.45) is 0 Å². The molecule has 0 spiro atoms. The lowest BCUT2D eigenvalue weighted by molar-refractivity contribution is -0.128. The first kappa shape index (κ1) is 25.6. The zero-order valence-corrected chi connectivity index (χ0v) is 20.5. The van der Waals surface area contributed by atoms with Crippen LogP contribution in [0.4, 0.5) is 21.7 Å². The minimum atomic E-state index is -0.742. The number of carbonyl (C=O) groups is 2. The van der Waals surface area contributed by atoms with Gasteiger partial charge in [-0.25, -0.2) is 4.98 Å². The van der Waals surface area contributed by atoms with Crippen LogP contribution in [0.25, 0.3) is 0 Å². The van der Waals surface area contributed by atoms with Crippen molar-refractivity contribution < 1.29 is 23.5 Å². The van der Waals surface area contributed by atoms with E-state index < -0.39 is 5.82 Å². The predicted molar refractivity (Wildman–Crippen MR) is 138 cm³/mol. The quantitative estimate of drug-likeness (QED) is 0.359. The highest BCUT2D eigenvalue weighted by molar-refractivity contribution is 5.98. The molecule has 10 heteroatoms. The van der Waals surface area contributed by atoms with Gasteiger partial charge in [-0.1, -0.05) is 19.6 Å². The van der Waals surface area contributed by atoms with E-state index in [0.717, 1.165) is 37.2 Å². The van der Waals surface area contributed by atoms with Gasteiger partial charge in [0, 0.05) is 36.5 Å². The van der Waals surface area contributed by atoms with E-state index >= 15 is 0 Å². The van der Waals surface area contributed by atoms with Crippen LogP contribution in [0, 0.1) is 5.82 Å². The van der Waals surface area contributed by atoms with E-state index in [1.165, 1.54) is 0 Å². The predicted octanol–water partition coefficient (Wildman–Crippen LogP) is 4.84. The standard InChI is InChI=1S/C27H28FN5O4/c1-3-18-13-20(16-22(14-18)36-12-11-33-10-6-9-25(33)35)31-27-29-17-23(28)26(32-27)37-21-8-5-7-19(15-21)30-24(34)4-2/h4-5,7-8,13-17H,2-3,6,9-12H2,1H3,(H,30,34)(H,29,31,32). The maximum Gasteiger partial charge on any atom is 0.260 e. The molecule has 1 fully saturated rings. The van der Waals surface area contributed by atoms with Gasteiger partial charge in [-0.15, -0.1) is 0 Å². The number of hydrogen-bond acceptors (Lipinski definition) is 7. The van der Waals surface area contributed by atoms with Gasteiger partial charge in [0.05, 0.1) is 12.7 Å². The van der Waals surface area contributed by atoms with Crippen molar-refractivity contribution >= 4 is 29.1 Å². The number of nitrogens with one attached hydrogen (secondary N) is 2. The summed E-state index contributed by atoms with van der Waals surface area (Å²) in [5, 5.41) is 5.69. The van der Waals surface area contributed by atoms with Crippen molar-refractivity contribution in [1.29, 1.82) is 0 Å². The molecule has 0 radical (unpaired) electrons. The molecule has 4 rings (SSSR count). The molecule has 2 aromatic carbocycles. The van der Waals surface area contributed by atoms with Crippen LogP contribution < -0.4 is 20.1 Å². The molecule has 3 aromatic rings. The highest BCUT2D eigenvalue weighted by Crippen LogP contribution is 2.28. The van der Waals surface area contributed by atoms with Gasteiger partial charge in [-0.3, -0.25) is 9.59 Å². The lowest BCUT2D eigenvalue weighted by Crippen LogP contribution is -2.29. The van der Waals surface area contributed by atoms with Crippen molar-refractivity contribution in [3.8, 4) is 17.4 Å². The van der Waals surface area contributed by atoms with Crippen LogP contribution in [0.5, 0.6) is 17.4 Å². The van der Waals surface area contributed by atoms with E-state index in [2.05, 4.69) is 27.2 Å². The summed E-state index contributed by atoms with van der Waals surface area (Å²) in [5.74, 6) is -0.172. The van der Waals surface area contributed by atoms with Gasteiger partial charge in [0.25, 0.3) is 5.88 Å². The third-order valence-corrected chi connectivity index (χ3v) is 5.65. The summed E-state index contributed by atoms with van der Waals surface area (Å²) in [5.41, 5.74) is 2.15. The highest BCUT2D eigenvalue weighted by Gasteiger charge is 2.19. The van der Waals surface area contributed by atoms with Crippen molar-refractivity contribution in [2.45, 2.75) is 26.2 Å². The molecule has 0 unspecified atom stereocenters. The molecule has 9 nitrogen and oxygen atoms in total. The number of amides is 2. The molecular weight excluding hydrogens is 477 g/mol. The van der Waals surface area contributed by atoms with Crippen LogP contribution in [0.15, 0.2) is 61.3 Å². The van der Waals surface area contributed by atoms with Gasteiger partial charge >= 0.3 is 0 Å². The Morgan fingerprint density at radius 1 is 1.22 bits per heavy atom. The van der Waals surface area contributed by atoms with Gasteiger partial charge in [0.15, 0.2) is 0 Å². The number of rotatable bonds is 11. The van der Waals surface area contributed by atoms with Crippen molar-refractivity contribution in [3.63, 3.8) is 0 Å². The minimum absolute atomic E-state index is 0.134. The van der Waals surface area contributed by atoms with Gasteiger partial charge in [0.1, 0.15) is 18.1 Å². The fourth-order valence-electron chi connectivity index (χ4n) is 3.79. The molecule has 1 saturated heterocycles. The summed E-state index contributed by atoms with van der Waals surface area (Å²) in [4.78, 5) is 33.3. The van der Waals surface area contributed by atoms with Crippen LogP contribution in [0.2, 0.25) is 0 Å². The lowest BCUT2D eigenvalue weighted by atomic mass is 10.1. The Hall–Kier alpha value is -4.47. The van der Waals surface area contributed by atoms with Gasteiger partial charge in [0.2, 0.25) is 23.6 Å². The zero-order valence-electron chi connectivity index (χ0n) is 20.5. The lowest BCUT2D eigenvalue weighted by Gasteiger charge is -2.17. The Balaban J connectivity index is 1.45. The van der Waals surface area contributed by atoms with E-state index in [4.69, 9.17) is 9.47 Å². The SMILES string of the molecule is C=CC(=O)Nc1cccc(Oc2nc(Nc3cc(CC)cc(OCCN4CCCC4=O)c3)ncc2F)c1. The summed E-state index contributed by atoms with van der Waals surface area (Å²) < 4.78 is 26.0. The fraction of sp³-hybridized carbons (Fsp3) is 0.259. The van der Waals surface area contributed by atoms with Crippen LogP contribution in [0.1, 0.15) is 25.3 Å². The zero-order chi connectivity index (χ0) is 26.2. The maximum atomic E-state index is 14.4. The molecular formula is C27H28FN5O4. The number of likely N-dealkylation sites (tertiary alicyclic amines) is 1. The summed E-state index contributed by atoms with van der Waals surface area (Å²) in [6.45, 7) is 7.13. The monoisotopic (exact) mass is 505 g/mol. The molecule has 0 bridgehead atoms. The number of aromatic nitrogens is 2. The molecule has 2 amide bonds. The molecule has 1 aromatic heterocycles. The second-order valence-corrected chi connectivity index (χ2v) is 8.35. The van der Waals surface area contributed by atoms with Crippen LogP contribution >= 0.6 is 0 Å². The number of carbonyl (C=O) groups excluding carboxylic acids is 2. The second kappa shape index (κ2) is 12.0. The van der Waals surface area contributed by atoms with E-state index in [9.17, 15) is 14.0 Å². The Labute approximate surface area is 214 Å². The number of hydrogen-bond donors (Lipinski definition) is 2. The van der Waals surface area contributed by atoms with Crippen molar-refractivity contribution in [3.05, 3.63) is 72.7 Å². The maximum absolute atomic E-state index is 14.4. The molecule has 1 aliphatic rings. The van der Waals surface area contributed by atoms with Crippen LogP contribution in [0.3, 0.4) is 0 Å². The average molecular weight is 506 g/mol. The third-order valence-electron chi connectivity index (χ3n) is 5.65. The van der Waals surface area contributed by atoms with E-state index in [1.807, 2.05) is 19.1 Å². The number of ether oxygens (including phenoxy) is 2. The molecule has 1 aliphatic heterocycles. The van der Waals surface area contributed by atoms with Gasteiger partial charge in [-0.05, 0) is 48.7 Å². The normalized spacial score (nSPS) is 12.8. The summed E-state index contributed by atoms with van der Waals surface area (Å²) in [7, 11) is 0. The van der Waals surface area contributed by atoms with E-state index in [0.29, 0.717) is 36.7 Å². The number of halogens is 1. The Morgan fingerprint density at radius 3 is 2.81 bits per heavy atom. The number of benzene rings is 2. The van der Waals surface area contributed by atoms with Crippen LogP contribution in [-0.4, -0.2) is 46.4 Å². The van der Waals surface area contributed by atoms with Crippen molar-refractivity contribution in [2.75, 3.05) is 30.3 Å². The van der Waals surface area contributed by atoms with E-state index in [1.54, 1.807) is 35.2 Å². The fourth-order valence-corrected chi connectivity index (χ4v) is 3.79. The Morgan fingerprint density at radius 2 is 2.05 bits per heavy atom. The smallest absolute Gasteiger partial charge is 0.260 e. The Bertz CT molecular complexity index is 1300. The Kier molecular flexibility index (Phi) is 8.29. The second-order valence-electron chi connectivity index (χ2n) is 8.35. The molecule has 2 N–H and O–H groups in total. The topological polar surface area (TPSA) is 106 Å². The number of anilines is 3. The van der Waals surface area contributed by atoms with Gasteiger partial charge < -0.3 is 25.0 Å². The first-order valence-corrected chi connectivity index (χ1v) is 12.0. The molecule has 0 atom stereocenters. The largest absolute Gasteiger partial charge is 0.492 e. The first-order chi connectivity index (χ1) is 17.9. The molecule has 37 heavy (non-hydrogen) atoms. The summed E-state index contributed by atoms with van der Waals surface area (Å²) >= 11 is 0. The van der Waals surface area contributed by atoms with E-state index in [-0.39, 0.29) is 29.4 Å². The highest BCUT2D eigenvalue weighted by atomic mass is 19.1. The minimum Gasteiger partial charge on any atom is -0.492 e. The first-order valence-electron chi connectivity index (χ1n) is 12.0. The summed E-state index contributed by atoms with van der Waals surface area (Å²) in [6.07, 6.45) is 4.42. The van der Waals surface area contributed by atoms with Crippen LogP contribution in [-0.2, 0) is 16.0 Å². The average Bonchev–Trinajstić information content (AvgIpc) is 3.30. The molecule has 2 heterocycles. The number of aryl methyl sites for hydroxylation is 1. The molecule has 0 saturated carbocycles. The molecule has 0 aliphatic carbocycles. The third kappa shape index (κ3) is 7.03. The number of nitrogens with zero attached hydrogens (tertiary/aromatic N) is 3. The van der Waals surface area contributed by atoms with Gasteiger partial charge in [-0.2, -0.15) is 9.37 Å².